The molecular weight excluding hydrogens is 248 g/mol. The zero-order valence-electron chi connectivity index (χ0n) is 10.0. The Morgan fingerprint density at radius 3 is 2.69 bits per heavy atom. The van der Waals surface area contributed by atoms with Crippen molar-refractivity contribution in [1.82, 2.24) is 5.32 Å². The van der Waals surface area contributed by atoms with Crippen LogP contribution in [0.1, 0.15) is 32.6 Å². The summed E-state index contributed by atoms with van der Waals surface area (Å²) in [6, 6.07) is 0. The maximum atomic E-state index is 11.6. The third kappa shape index (κ3) is 5.42. The lowest BCUT2D eigenvalue weighted by Crippen LogP contribution is -2.27. The standard InChI is InChI=1S/C10H20BNO2.2ClH/c1-2-3-4-9(10(13)14-11)8-5-6-12-7-8;;/h8-9,12H,2-7,11H2,1H3;2*1H/t8-,9?;;/m0../s1. The van der Waals surface area contributed by atoms with Crippen LogP contribution in [0.25, 0.3) is 0 Å². The molecule has 0 aromatic heterocycles. The molecule has 2 atom stereocenters. The van der Waals surface area contributed by atoms with Gasteiger partial charge in [0.1, 0.15) is 0 Å². The Balaban J connectivity index is 0. The number of unbranched alkanes of at least 4 members (excludes halogenated alkanes) is 1. The monoisotopic (exact) mass is 269 g/mol. The largest absolute Gasteiger partial charge is 0.543 e. The molecule has 1 aliphatic heterocycles. The fourth-order valence-electron chi connectivity index (χ4n) is 2.14. The third-order valence-corrected chi connectivity index (χ3v) is 3.04. The van der Waals surface area contributed by atoms with Gasteiger partial charge in [-0.1, -0.05) is 19.8 Å². The maximum absolute atomic E-state index is 11.6. The molecule has 0 amide bonds. The van der Waals surface area contributed by atoms with Crippen molar-refractivity contribution in [2.24, 2.45) is 11.8 Å². The van der Waals surface area contributed by atoms with Crippen molar-refractivity contribution < 1.29 is 9.45 Å². The molecule has 1 unspecified atom stereocenters. The molecule has 0 aromatic carbocycles. The Morgan fingerprint density at radius 1 is 1.56 bits per heavy atom. The van der Waals surface area contributed by atoms with Gasteiger partial charge in [-0.05, 0) is 31.8 Å². The van der Waals surface area contributed by atoms with Crippen molar-refractivity contribution in [3.05, 3.63) is 0 Å². The lowest BCUT2D eigenvalue weighted by atomic mass is 9.87. The van der Waals surface area contributed by atoms with Crippen molar-refractivity contribution in [2.45, 2.75) is 32.6 Å². The summed E-state index contributed by atoms with van der Waals surface area (Å²) in [7, 11) is 1.49. The van der Waals surface area contributed by atoms with Gasteiger partial charge in [0, 0.05) is 0 Å². The number of halogens is 2. The molecule has 0 aliphatic carbocycles. The molecule has 16 heavy (non-hydrogen) atoms. The highest BCUT2D eigenvalue weighted by Crippen LogP contribution is 2.25. The van der Waals surface area contributed by atoms with Crippen LogP contribution < -0.4 is 5.32 Å². The molecular formula is C10H22BCl2NO2. The van der Waals surface area contributed by atoms with Gasteiger partial charge in [-0.15, -0.1) is 24.8 Å². The first kappa shape index (κ1) is 18.4. The lowest BCUT2D eigenvalue weighted by molar-refractivity contribution is -0.140. The number of hydrogen-bond acceptors (Lipinski definition) is 3. The van der Waals surface area contributed by atoms with Gasteiger partial charge in [-0.3, -0.25) is 4.79 Å². The minimum absolute atomic E-state index is 0. The van der Waals surface area contributed by atoms with E-state index in [1.54, 1.807) is 0 Å². The van der Waals surface area contributed by atoms with Crippen LogP contribution in [-0.4, -0.2) is 27.1 Å². The number of carbonyl (C=O) groups is 1. The van der Waals surface area contributed by atoms with Gasteiger partial charge in [0.25, 0.3) is 5.97 Å². The van der Waals surface area contributed by atoms with Crippen LogP contribution in [0.2, 0.25) is 0 Å². The van der Waals surface area contributed by atoms with E-state index in [1.807, 2.05) is 0 Å². The first-order valence-corrected chi connectivity index (χ1v) is 5.58. The smallest absolute Gasteiger partial charge is 0.325 e. The summed E-state index contributed by atoms with van der Waals surface area (Å²) >= 11 is 0. The second-order valence-corrected chi connectivity index (χ2v) is 4.02. The highest BCUT2D eigenvalue weighted by atomic mass is 35.5. The van der Waals surface area contributed by atoms with Crippen molar-refractivity contribution in [1.29, 1.82) is 0 Å². The molecule has 96 valence electrons. The summed E-state index contributed by atoms with van der Waals surface area (Å²) in [5.74, 6) is 0.594. The topological polar surface area (TPSA) is 38.3 Å². The van der Waals surface area contributed by atoms with Crippen molar-refractivity contribution >= 4 is 38.8 Å². The predicted molar refractivity (Wildman–Crippen MR) is 73.1 cm³/mol. The number of hydrogen-bond donors (Lipinski definition) is 1. The van der Waals surface area contributed by atoms with Gasteiger partial charge in [0.15, 0.2) is 0 Å². The minimum Gasteiger partial charge on any atom is -0.543 e. The predicted octanol–water partition coefficient (Wildman–Crippen LogP) is 1.34. The van der Waals surface area contributed by atoms with Crippen LogP contribution in [0, 0.1) is 11.8 Å². The number of nitrogens with one attached hydrogen (secondary N) is 1. The van der Waals surface area contributed by atoms with Crippen molar-refractivity contribution in [2.75, 3.05) is 13.1 Å². The molecule has 1 N–H and O–H groups in total. The average Bonchev–Trinajstić information content (AvgIpc) is 2.71. The molecule has 0 spiro atoms. The highest BCUT2D eigenvalue weighted by Gasteiger charge is 2.30. The third-order valence-electron chi connectivity index (χ3n) is 3.04. The van der Waals surface area contributed by atoms with Gasteiger partial charge in [0.2, 0.25) is 0 Å². The summed E-state index contributed by atoms with van der Waals surface area (Å²) in [5, 5.41) is 3.30. The van der Waals surface area contributed by atoms with Crippen molar-refractivity contribution in [3.63, 3.8) is 0 Å². The summed E-state index contributed by atoms with van der Waals surface area (Å²) in [5.41, 5.74) is 0. The van der Waals surface area contributed by atoms with Gasteiger partial charge in [-0.2, -0.15) is 0 Å². The van der Waals surface area contributed by atoms with E-state index in [0.717, 1.165) is 38.8 Å². The summed E-state index contributed by atoms with van der Waals surface area (Å²) in [6.07, 6.45) is 4.36. The molecule has 6 heteroatoms. The Hall–Kier alpha value is 0.0749. The van der Waals surface area contributed by atoms with E-state index in [4.69, 9.17) is 4.65 Å². The molecule has 1 saturated heterocycles. The Kier molecular flexibility index (Phi) is 11.8. The molecule has 0 radical (unpaired) electrons. The van der Waals surface area contributed by atoms with E-state index in [2.05, 4.69) is 12.2 Å². The van der Waals surface area contributed by atoms with E-state index >= 15 is 0 Å². The second-order valence-electron chi connectivity index (χ2n) is 4.02. The fraction of sp³-hybridized carbons (Fsp3) is 0.900. The van der Waals surface area contributed by atoms with Crippen LogP contribution >= 0.6 is 24.8 Å². The summed E-state index contributed by atoms with van der Waals surface area (Å²) in [6.45, 7) is 4.18. The van der Waals surface area contributed by atoms with Crippen LogP contribution in [0.5, 0.6) is 0 Å². The highest BCUT2D eigenvalue weighted by molar-refractivity contribution is 6.05. The summed E-state index contributed by atoms with van der Waals surface area (Å²) in [4.78, 5) is 11.6. The fourth-order valence-corrected chi connectivity index (χ4v) is 2.14. The van der Waals surface area contributed by atoms with Gasteiger partial charge < -0.3 is 9.97 Å². The Labute approximate surface area is 111 Å². The number of carbonyl (C=O) groups excluding carboxylic acids is 1. The lowest BCUT2D eigenvalue weighted by Gasteiger charge is -2.20. The van der Waals surface area contributed by atoms with Crippen LogP contribution in [0.15, 0.2) is 0 Å². The van der Waals surface area contributed by atoms with E-state index in [-0.39, 0.29) is 36.7 Å². The molecule has 0 bridgehead atoms. The average molecular weight is 270 g/mol. The van der Waals surface area contributed by atoms with E-state index < -0.39 is 0 Å². The molecule has 1 aliphatic rings. The summed E-state index contributed by atoms with van der Waals surface area (Å²) < 4.78 is 4.86. The van der Waals surface area contributed by atoms with E-state index in [1.165, 1.54) is 8.05 Å². The maximum Gasteiger partial charge on any atom is 0.325 e. The molecule has 0 saturated carbocycles. The first-order chi connectivity index (χ1) is 6.79. The zero-order chi connectivity index (χ0) is 10.4. The van der Waals surface area contributed by atoms with Crippen LogP contribution in [0.3, 0.4) is 0 Å². The normalized spacial score (nSPS) is 20.4. The minimum atomic E-state index is -0.0212. The van der Waals surface area contributed by atoms with Crippen molar-refractivity contribution in [3.8, 4) is 0 Å². The number of rotatable bonds is 5. The molecule has 1 fully saturated rings. The molecule has 3 nitrogen and oxygen atoms in total. The molecule has 0 aromatic rings. The quantitative estimate of drug-likeness (QED) is 0.766. The van der Waals surface area contributed by atoms with E-state index in [0.29, 0.717) is 5.92 Å². The Morgan fingerprint density at radius 2 is 2.25 bits per heavy atom. The van der Waals surface area contributed by atoms with Gasteiger partial charge in [-0.25, -0.2) is 0 Å². The second kappa shape index (κ2) is 10.2. The Bertz CT molecular complexity index is 190. The zero-order valence-corrected chi connectivity index (χ0v) is 11.7. The SMILES string of the molecule is BOC(=O)C(CCCC)[C@H]1CCNC1.Cl.Cl. The van der Waals surface area contributed by atoms with Crippen LogP contribution in [-0.2, 0) is 9.45 Å². The van der Waals surface area contributed by atoms with Crippen LogP contribution in [0.4, 0.5) is 0 Å². The van der Waals surface area contributed by atoms with Gasteiger partial charge >= 0.3 is 8.05 Å². The van der Waals surface area contributed by atoms with Gasteiger partial charge in [0.05, 0.1) is 5.92 Å². The molecule has 1 heterocycles. The first-order valence-electron chi connectivity index (χ1n) is 5.58. The molecule has 1 rings (SSSR count). The van der Waals surface area contributed by atoms with E-state index in [9.17, 15) is 4.79 Å².